The van der Waals surface area contributed by atoms with Gasteiger partial charge in [0.05, 0.1) is 12.0 Å². The van der Waals surface area contributed by atoms with Crippen LogP contribution in [-0.4, -0.2) is 17.6 Å². The number of nitrogens with one attached hydrogen (secondary N) is 1. The highest BCUT2D eigenvalue weighted by Gasteiger charge is 2.10. The number of carbonyl (C=O) groups is 1. The standard InChI is InChI=1S/C11H12N2O2/c1-8(14)13-7-10(6-12)9-2-4-11(15)5-3-9/h2-5,10,15H,7H2,1H3,(H,13,14). The van der Waals surface area contributed by atoms with Crippen molar-refractivity contribution in [3.8, 4) is 11.8 Å². The third-order valence-corrected chi connectivity index (χ3v) is 2.01. The molecule has 2 N–H and O–H groups in total. The van der Waals surface area contributed by atoms with Gasteiger partial charge in [-0.15, -0.1) is 0 Å². The molecule has 0 aromatic heterocycles. The highest BCUT2D eigenvalue weighted by molar-refractivity contribution is 5.72. The molecule has 78 valence electrons. The average Bonchev–Trinajstić information content (AvgIpc) is 2.21. The number of hydrogen-bond donors (Lipinski definition) is 2. The van der Waals surface area contributed by atoms with E-state index in [4.69, 9.17) is 10.4 Å². The third-order valence-electron chi connectivity index (χ3n) is 2.01. The molecule has 0 heterocycles. The first-order valence-electron chi connectivity index (χ1n) is 4.56. The maximum absolute atomic E-state index is 10.7. The van der Waals surface area contributed by atoms with Gasteiger partial charge in [0.2, 0.25) is 5.91 Å². The van der Waals surface area contributed by atoms with Crippen LogP contribution in [0.5, 0.6) is 5.75 Å². The zero-order valence-electron chi connectivity index (χ0n) is 8.40. The Labute approximate surface area is 88.2 Å². The van der Waals surface area contributed by atoms with Crippen LogP contribution < -0.4 is 5.32 Å². The largest absolute Gasteiger partial charge is 0.508 e. The van der Waals surface area contributed by atoms with Crippen LogP contribution in [0, 0.1) is 11.3 Å². The van der Waals surface area contributed by atoms with Gasteiger partial charge in [0.1, 0.15) is 5.75 Å². The van der Waals surface area contributed by atoms with E-state index in [-0.39, 0.29) is 24.1 Å². The highest BCUT2D eigenvalue weighted by atomic mass is 16.3. The number of amides is 1. The van der Waals surface area contributed by atoms with Gasteiger partial charge in [-0.1, -0.05) is 12.1 Å². The molecule has 0 saturated carbocycles. The monoisotopic (exact) mass is 204 g/mol. The van der Waals surface area contributed by atoms with Gasteiger partial charge in [0.15, 0.2) is 0 Å². The number of nitrogens with zero attached hydrogens (tertiary/aromatic N) is 1. The Morgan fingerprint density at radius 2 is 2.13 bits per heavy atom. The predicted molar refractivity (Wildman–Crippen MR) is 55.1 cm³/mol. The molecule has 1 atom stereocenters. The molecule has 1 aromatic carbocycles. The van der Waals surface area contributed by atoms with Gasteiger partial charge in [0.25, 0.3) is 0 Å². The maximum Gasteiger partial charge on any atom is 0.216 e. The Morgan fingerprint density at radius 3 is 2.60 bits per heavy atom. The lowest BCUT2D eigenvalue weighted by atomic mass is 10.0. The molecule has 1 unspecified atom stereocenters. The lowest BCUT2D eigenvalue weighted by Crippen LogP contribution is -2.25. The van der Waals surface area contributed by atoms with Gasteiger partial charge in [-0.05, 0) is 17.7 Å². The van der Waals surface area contributed by atoms with Crippen LogP contribution in [0.3, 0.4) is 0 Å². The number of phenols is 1. The Kier molecular flexibility index (Phi) is 3.69. The molecule has 0 saturated heterocycles. The lowest BCUT2D eigenvalue weighted by Gasteiger charge is -2.09. The molecule has 0 aliphatic rings. The normalized spacial score (nSPS) is 11.5. The van der Waals surface area contributed by atoms with Gasteiger partial charge >= 0.3 is 0 Å². The zero-order valence-corrected chi connectivity index (χ0v) is 8.40. The average molecular weight is 204 g/mol. The van der Waals surface area contributed by atoms with E-state index in [9.17, 15) is 4.79 Å². The summed E-state index contributed by atoms with van der Waals surface area (Å²) in [6.07, 6.45) is 0. The van der Waals surface area contributed by atoms with Crippen molar-refractivity contribution < 1.29 is 9.90 Å². The predicted octanol–water partition coefficient (Wildman–Crippen LogP) is 1.14. The molecule has 1 amide bonds. The van der Waals surface area contributed by atoms with Crippen LogP contribution in [0.1, 0.15) is 18.4 Å². The smallest absolute Gasteiger partial charge is 0.216 e. The minimum absolute atomic E-state index is 0.158. The first kappa shape index (κ1) is 11.1. The third kappa shape index (κ3) is 3.31. The quantitative estimate of drug-likeness (QED) is 0.775. The minimum atomic E-state index is -0.380. The Morgan fingerprint density at radius 1 is 1.53 bits per heavy atom. The molecule has 15 heavy (non-hydrogen) atoms. The van der Waals surface area contributed by atoms with Crippen LogP contribution in [-0.2, 0) is 4.79 Å². The van der Waals surface area contributed by atoms with Gasteiger partial charge in [0, 0.05) is 13.5 Å². The second kappa shape index (κ2) is 5.01. The van der Waals surface area contributed by atoms with Crippen molar-refractivity contribution in [2.75, 3.05) is 6.54 Å². The number of benzene rings is 1. The van der Waals surface area contributed by atoms with Crippen molar-refractivity contribution in [1.29, 1.82) is 5.26 Å². The lowest BCUT2D eigenvalue weighted by molar-refractivity contribution is -0.118. The summed E-state index contributed by atoms with van der Waals surface area (Å²) in [6.45, 7) is 1.70. The molecule has 4 nitrogen and oxygen atoms in total. The Hall–Kier alpha value is -2.02. The molecule has 1 aromatic rings. The van der Waals surface area contributed by atoms with Crippen molar-refractivity contribution in [3.05, 3.63) is 29.8 Å². The van der Waals surface area contributed by atoms with E-state index in [0.717, 1.165) is 5.56 Å². The van der Waals surface area contributed by atoms with Crippen LogP contribution >= 0.6 is 0 Å². The summed E-state index contributed by atoms with van der Waals surface area (Å²) in [4.78, 5) is 10.7. The summed E-state index contributed by atoms with van der Waals surface area (Å²) in [5.74, 6) is -0.376. The van der Waals surface area contributed by atoms with Crippen molar-refractivity contribution in [2.24, 2.45) is 0 Å². The molecule has 0 bridgehead atoms. The van der Waals surface area contributed by atoms with Crippen molar-refractivity contribution in [1.82, 2.24) is 5.32 Å². The first-order chi connectivity index (χ1) is 7.13. The fraction of sp³-hybridized carbons (Fsp3) is 0.273. The van der Waals surface area contributed by atoms with Crippen molar-refractivity contribution >= 4 is 5.91 Å². The van der Waals surface area contributed by atoms with Crippen LogP contribution in [0.4, 0.5) is 0 Å². The molecule has 4 heteroatoms. The van der Waals surface area contributed by atoms with Gasteiger partial charge in [-0.2, -0.15) is 5.26 Å². The summed E-state index contributed by atoms with van der Waals surface area (Å²) >= 11 is 0. The van der Waals surface area contributed by atoms with Crippen molar-refractivity contribution in [3.63, 3.8) is 0 Å². The maximum atomic E-state index is 10.7. The van der Waals surface area contributed by atoms with Crippen LogP contribution in [0.2, 0.25) is 0 Å². The number of carbonyl (C=O) groups excluding carboxylic acids is 1. The zero-order chi connectivity index (χ0) is 11.3. The summed E-state index contributed by atoms with van der Waals surface area (Å²) in [6, 6.07) is 8.48. The second-order valence-corrected chi connectivity index (χ2v) is 3.21. The summed E-state index contributed by atoms with van der Waals surface area (Å²) in [5.41, 5.74) is 0.782. The Balaban J connectivity index is 2.71. The number of hydrogen-bond acceptors (Lipinski definition) is 3. The fourth-order valence-electron chi connectivity index (χ4n) is 1.19. The summed E-state index contributed by atoms with van der Waals surface area (Å²) in [7, 11) is 0. The molecule has 0 fully saturated rings. The minimum Gasteiger partial charge on any atom is -0.508 e. The van der Waals surface area contributed by atoms with Crippen molar-refractivity contribution in [2.45, 2.75) is 12.8 Å². The molecular weight excluding hydrogens is 192 g/mol. The Bertz CT molecular complexity index is 379. The van der Waals surface area contributed by atoms with E-state index >= 15 is 0 Å². The van der Waals surface area contributed by atoms with E-state index in [1.807, 2.05) is 0 Å². The number of nitriles is 1. The number of phenolic OH excluding ortho intramolecular Hbond substituents is 1. The number of aromatic hydroxyl groups is 1. The molecule has 0 radical (unpaired) electrons. The highest BCUT2D eigenvalue weighted by Crippen LogP contribution is 2.17. The van der Waals surface area contributed by atoms with E-state index in [2.05, 4.69) is 11.4 Å². The van der Waals surface area contributed by atoms with Crippen LogP contribution in [0.15, 0.2) is 24.3 Å². The SMILES string of the molecule is CC(=O)NCC(C#N)c1ccc(O)cc1. The van der Waals surface area contributed by atoms with E-state index < -0.39 is 0 Å². The molecular formula is C11H12N2O2. The first-order valence-corrected chi connectivity index (χ1v) is 4.56. The topological polar surface area (TPSA) is 73.1 Å². The number of rotatable bonds is 3. The van der Waals surface area contributed by atoms with Gasteiger partial charge in [-0.3, -0.25) is 4.79 Å². The van der Waals surface area contributed by atoms with E-state index in [1.54, 1.807) is 12.1 Å². The second-order valence-electron chi connectivity index (χ2n) is 3.21. The van der Waals surface area contributed by atoms with Gasteiger partial charge in [-0.25, -0.2) is 0 Å². The molecule has 0 spiro atoms. The summed E-state index contributed by atoms with van der Waals surface area (Å²) in [5, 5.41) is 20.6. The van der Waals surface area contributed by atoms with E-state index in [1.165, 1.54) is 19.1 Å². The van der Waals surface area contributed by atoms with Gasteiger partial charge < -0.3 is 10.4 Å². The molecule has 0 aliphatic carbocycles. The molecule has 1 rings (SSSR count). The summed E-state index contributed by atoms with van der Waals surface area (Å²) < 4.78 is 0. The molecule has 0 aliphatic heterocycles. The fourth-order valence-corrected chi connectivity index (χ4v) is 1.19. The van der Waals surface area contributed by atoms with E-state index in [0.29, 0.717) is 0 Å². The van der Waals surface area contributed by atoms with Crippen LogP contribution in [0.25, 0.3) is 0 Å².